The van der Waals surface area contributed by atoms with Crippen LogP contribution in [0.5, 0.6) is 0 Å². The number of carbonyl (C=O) groups excluding carboxylic acids is 2. The fraction of sp³-hybridized carbons (Fsp3) is 0.353. The molecule has 2 rings (SSSR count). The van der Waals surface area contributed by atoms with Crippen LogP contribution in [0.4, 0.5) is 0 Å². The van der Waals surface area contributed by atoms with Gasteiger partial charge in [0.2, 0.25) is 0 Å². The lowest BCUT2D eigenvalue weighted by atomic mass is 9.76. The molecule has 1 aliphatic carbocycles. The second-order valence-corrected chi connectivity index (χ2v) is 6.27. The van der Waals surface area contributed by atoms with E-state index in [4.69, 9.17) is 0 Å². The van der Waals surface area contributed by atoms with Crippen LogP contribution in [-0.4, -0.2) is 22.5 Å². The van der Waals surface area contributed by atoms with E-state index in [1.54, 1.807) is 31.2 Å². The molecular weight excluding hydrogens is 280 g/mol. The number of ketones is 1. The maximum absolute atomic E-state index is 12.2. The van der Waals surface area contributed by atoms with Crippen LogP contribution in [0.15, 0.2) is 46.8 Å². The molecule has 0 aliphatic heterocycles. The normalized spacial score (nSPS) is 18.3. The van der Waals surface area contributed by atoms with E-state index in [2.05, 4.69) is 10.5 Å². The third-order valence-corrected chi connectivity index (χ3v) is 3.58. The number of hydrogen-bond acceptors (Lipinski definition) is 4. The Labute approximate surface area is 129 Å². The summed E-state index contributed by atoms with van der Waals surface area (Å²) in [4.78, 5) is 24.1. The van der Waals surface area contributed by atoms with Crippen molar-refractivity contribution in [2.75, 3.05) is 0 Å². The van der Waals surface area contributed by atoms with Crippen molar-refractivity contribution in [3.05, 3.63) is 47.2 Å². The van der Waals surface area contributed by atoms with Crippen molar-refractivity contribution >= 4 is 17.4 Å². The molecule has 5 heteroatoms. The van der Waals surface area contributed by atoms with Crippen molar-refractivity contribution in [1.29, 1.82) is 0 Å². The molecule has 0 heterocycles. The lowest BCUT2D eigenvalue weighted by Crippen LogP contribution is -2.29. The summed E-state index contributed by atoms with van der Waals surface area (Å²) in [6, 6.07) is 8.67. The average molecular weight is 300 g/mol. The lowest BCUT2D eigenvalue weighted by Gasteiger charge is -2.29. The summed E-state index contributed by atoms with van der Waals surface area (Å²) in [6.45, 7) is 5.47. The molecule has 0 fully saturated rings. The van der Waals surface area contributed by atoms with Crippen LogP contribution in [0.1, 0.15) is 44.0 Å². The Morgan fingerprint density at radius 3 is 2.45 bits per heavy atom. The Balaban J connectivity index is 2.16. The summed E-state index contributed by atoms with van der Waals surface area (Å²) in [7, 11) is 0. The first-order valence-corrected chi connectivity index (χ1v) is 7.15. The number of nitrogens with one attached hydrogen (secondary N) is 1. The molecule has 1 amide bonds. The van der Waals surface area contributed by atoms with Crippen LogP contribution in [0.2, 0.25) is 0 Å². The summed E-state index contributed by atoms with van der Waals surface area (Å²) < 4.78 is 0. The molecule has 116 valence electrons. The number of benzene rings is 1. The second kappa shape index (κ2) is 6.13. The molecular formula is C17H20N2O3. The minimum absolute atomic E-state index is 0.0384. The fourth-order valence-corrected chi connectivity index (χ4v) is 2.54. The second-order valence-electron chi connectivity index (χ2n) is 6.27. The lowest BCUT2D eigenvalue weighted by molar-refractivity contribution is -0.117. The van der Waals surface area contributed by atoms with Gasteiger partial charge in [-0.25, -0.2) is 5.43 Å². The highest BCUT2D eigenvalue weighted by Crippen LogP contribution is 2.35. The molecule has 2 N–H and O–H groups in total. The predicted octanol–water partition coefficient (Wildman–Crippen LogP) is 2.99. The van der Waals surface area contributed by atoms with Crippen molar-refractivity contribution in [2.24, 2.45) is 10.5 Å². The third kappa shape index (κ3) is 3.61. The average Bonchev–Trinajstić information content (AvgIpc) is 2.43. The SMILES string of the molecule is C/C(=N/NC(=O)c1ccccc1)C1=C(O)CC(C)(C)CC1=O. The molecule has 5 nitrogen and oxygen atoms in total. The molecule has 0 bridgehead atoms. The monoisotopic (exact) mass is 300 g/mol. The van der Waals surface area contributed by atoms with Gasteiger partial charge in [0.1, 0.15) is 5.76 Å². The van der Waals surface area contributed by atoms with Gasteiger partial charge in [-0.15, -0.1) is 0 Å². The molecule has 0 aromatic heterocycles. The van der Waals surface area contributed by atoms with Gasteiger partial charge >= 0.3 is 0 Å². The van der Waals surface area contributed by atoms with E-state index in [9.17, 15) is 14.7 Å². The fourth-order valence-electron chi connectivity index (χ4n) is 2.54. The van der Waals surface area contributed by atoms with Gasteiger partial charge in [-0.1, -0.05) is 32.0 Å². The first kappa shape index (κ1) is 15.9. The standard InChI is InChI=1S/C17H20N2O3/c1-11(15-13(20)9-17(2,3)10-14(15)21)18-19-16(22)12-7-5-4-6-8-12/h4-8,20H,9-10H2,1-3H3,(H,19,22)/b18-11-. The minimum atomic E-state index is -0.358. The number of hydrogen-bond donors (Lipinski definition) is 2. The Morgan fingerprint density at radius 1 is 1.23 bits per heavy atom. The maximum atomic E-state index is 12.2. The van der Waals surface area contributed by atoms with Gasteiger partial charge in [-0.2, -0.15) is 5.10 Å². The van der Waals surface area contributed by atoms with Crippen molar-refractivity contribution in [3.8, 4) is 0 Å². The number of Topliss-reactive ketones (excluding diaryl/α,β-unsaturated/α-hetero) is 1. The van der Waals surface area contributed by atoms with Gasteiger partial charge in [0.25, 0.3) is 5.91 Å². The van der Waals surface area contributed by atoms with E-state index in [0.717, 1.165) is 0 Å². The summed E-state index contributed by atoms with van der Waals surface area (Å²) >= 11 is 0. The molecule has 0 radical (unpaired) electrons. The summed E-state index contributed by atoms with van der Waals surface area (Å²) in [5.74, 6) is -0.468. The molecule has 0 saturated heterocycles. The minimum Gasteiger partial charge on any atom is -0.511 e. The third-order valence-electron chi connectivity index (χ3n) is 3.58. The zero-order valence-electron chi connectivity index (χ0n) is 13.0. The quantitative estimate of drug-likeness (QED) is 0.665. The molecule has 1 aliphatic rings. The zero-order valence-corrected chi connectivity index (χ0v) is 13.0. The molecule has 1 aromatic carbocycles. The number of rotatable bonds is 3. The Bertz CT molecular complexity index is 658. The van der Waals surface area contributed by atoms with Gasteiger partial charge in [0.05, 0.1) is 11.3 Å². The van der Waals surface area contributed by atoms with Crippen LogP contribution in [0, 0.1) is 5.41 Å². The highest BCUT2D eigenvalue weighted by Gasteiger charge is 2.34. The molecule has 22 heavy (non-hydrogen) atoms. The first-order chi connectivity index (χ1) is 10.3. The number of nitrogens with zero attached hydrogens (tertiary/aromatic N) is 1. The van der Waals surface area contributed by atoms with Crippen LogP contribution in [-0.2, 0) is 4.79 Å². The highest BCUT2D eigenvalue weighted by atomic mass is 16.3. The predicted molar refractivity (Wildman–Crippen MR) is 84.7 cm³/mol. The zero-order chi connectivity index (χ0) is 16.3. The van der Waals surface area contributed by atoms with E-state index in [-0.39, 0.29) is 28.4 Å². The number of aliphatic hydroxyl groups excluding tert-OH is 1. The topological polar surface area (TPSA) is 78.8 Å². The van der Waals surface area contributed by atoms with Crippen molar-refractivity contribution in [3.63, 3.8) is 0 Å². The van der Waals surface area contributed by atoms with Gasteiger partial charge in [0.15, 0.2) is 5.78 Å². The van der Waals surface area contributed by atoms with E-state index in [1.807, 2.05) is 19.9 Å². The van der Waals surface area contributed by atoms with E-state index >= 15 is 0 Å². The highest BCUT2D eigenvalue weighted by molar-refractivity contribution is 6.22. The maximum Gasteiger partial charge on any atom is 0.271 e. The Morgan fingerprint density at radius 2 is 1.86 bits per heavy atom. The van der Waals surface area contributed by atoms with Crippen molar-refractivity contribution < 1.29 is 14.7 Å². The van der Waals surface area contributed by atoms with Crippen molar-refractivity contribution in [2.45, 2.75) is 33.6 Å². The Kier molecular flexibility index (Phi) is 4.45. The summed E-state index contributed by atoms with van der Waals surface area (Å²) in [5.41, 5.74) is 3.17. The molecule has 0 saturated carbocycles. The molecule has 0 spiro atoms. The number of amides is 1. The number of hydrazone groups is 1. The van der Waals surface area contributed by atoms with Gasteiger partial charge in [-0.05, 0) is 24.5 Å². The van der Waals surface area contributed by atoms with Gasteiger partial charge in [0, 0.05) is 18.4 Å². The van der Waals surface area contributed by atoms with Gasteiger partial charge < -0.3 is 5.11 Å². The summed E-state index contributed by atoms with van der Waals surface area (Å²) in [6.07, 6.45) is 0.777. The molecule has 0 unspecified atom stereocenters. The number of allylic oxidation sites excluding steroid dienone is 2. The Hall–Kier alpha value is -2.43. The van der Waals surface area contributed by atoms with E-state index in [0.29, 0.717) is 24.1 Å². The molecule has 0 atom stereocenters. The van der Waals surface area contributed by atoms with Gasteiger partial charge in [-0.3, -0.25) is 9.59 Å². The smallest absolute Gasteiger partial charge is 0.271 e. The largest absolute Gasteiger partial charge is 0.511 e. The summed E-state index contributed by atoms with van der Waals surface area (Å²) in [5, 5.41) is 14.0. The van der Waals surface area contributed by atoms with Crippen LogP contribution in [0.3, 0.4) is 0 Å². The van der Waals surface area contributed by atoms with Crippen LogP contribution in [0.25, 0.3) is 0 Å². The van der Waals surface area contributed by atoms with Crippen molar-refractivity contribution in [1.82, 2.24) is 5.43 Å². The van der Waals surface area contributed by atoms with Crippen LogP contribution < -0.4 is 5.43 Å². The number of carbonyl (C=O) groups is 2. The van der Waals surface area contributed by atoms with Crippen LogP contribution >= 0.6 is 0 Å². The molecule has 1 aromatic rings. The van der Waals surface area contributed by atoms with E-state index in [1.165, 1.54) is 0 Å². The first-order valence-electron chi connectivity index (χ1n) is 7.15. The number of aliphatic hydroxyl groups is 1. The van der Waals surface area contributed by atoms with E-state index < -0.39 is 0 Å².